The molecule has 0 aromatic heterocycles. The second-order valence-corrected chi connectivity index (χ2v) is 11.5. The molecule has 1 atom stereocenters. The van der Waals surface area contributed by atoms with Gasteiger partial charge in [0.05, 0.1) is 11.4 Å². The maximum Gasteiger partial charge on any atom is 0.241 e. The number of nitrogens with zero attached hydrogens (tertiary/aromatic N) is 2. The number of amides is 1. The van der Waals surface area contributed by atoms with E-state index in [1.165, 1.54) is 0 Å². The lowest BCUT2D eigenvalue weighted by molar-refractivity contribution is -0.134. The molecule has 1 saturated heterocycles. The number of carbonyl (C=O) groups is 1. The highest BCUT2D eigenvalue weighted by Gasteiger charge is 2.31. The van der Waals surface area contributed by atoms with E-state index in [0.29, 0.717) is 57.0 Å². The van der Waals surface area contributed by atoms with Crippen LogP contribution in [0.15, 0.2) is 52.4 Å². The van der Waals surface area contributed by atoms with Crippen LogP contribution in [0.2, 0.25) is 0 Å². The molecule has 1 amide bonds. The third-order valence-electron chi connectivity index (χ3n) is 6.82. The minimum atomic E-state index is -3.96. The van der Waals surface area contributed by atoms with Gasteiger partial charge in [0, 0.05) is 38.2 Å². The van der Waals surface area contributed by atoms with Crippen molar-refractivity contribution in [3.63, 3.8) is 0 Å². The second-order valence-electron chi connectivity index (χ2n) is 9.79. The molecule has 1 fully saturated rings. The number of aliphatic imine (C=N–C) groups is 1. The molecule has 11 heteroatoms. The maximum atomic E-state index is 13.5. The van der Waals surface area contributed by atoms with Crippen LogP contribution >= 0.6 is 0 Å². The van der Waals surface area contributed by atoms with Crippen molar-refractivity contribution in [2.75, 3.05) is 39.4 Å². The molecule has 4 N–H and O–H groups in total. The summed E-state index contributed by atoms with van der Waals surface area (Å²) in [5.74, 6) is 0.601. The Kier molecular flexibility index (Phi) is 12.0. The van der Waals surface area contributed by atoms with E-state index in [1.54, 1.807) is 23.1 Å². The van der Waals surface area contributed by atoms with Crippen molar-refractivity contribution in [2.45, 2.75) is 63.7 Å². The van der Waals surface area contributed by atoms with Gasteiger partial charge in [0.1, 0.15) is 6.04 Å². The first-order valence-corrected chi connectivity index (χ1v) is 15.3. The van der Waals surface area contributed by atoms with Crippen molar-refractivity contribution in [2.24, 2.45) is 16.6 Å². The summed E-state index contributed by atoms with van der Waals surface area (Å²) >= 11 is 0. The molecule has 1 heterocycles. The zero-order valence-corrected chi connectivity index (χ0v) is 24.1. The lowest BCUT2D eigenvalue weighted by Gasteiger charge is -2.33. The summed E-state index contributed by atoms with van der Waals surface area (Å²) in [6.45, 7) is 8.91. The Labute approximate surface area is 232 Å². The van der Waals surface area contributed by atoms with Crippen LogP contribution in [0, 0.1) is 5.92 Å². The van der Waals surface area contributed by atoms with Crippen LogP contribution in [-0.2, 0) is 24.3 Å². The fraction of sp³-hybridized carbons (Fsp3) is 0.571. The van der Waals surface area contributed by atoms with Gasteiger partial charge in [0.25, 0.3) is 0 Å². The molecule has 216 valence electrons. The van der Waals surface area contributed by atoms with Gasteiger partial charge in [-0.15, -0.1) is 0 Å². The third-order valence-corrected chi connectivity index (χ3v) is 8.35. The van der Waals surface area contributed by atoms with Crippen molar-refractivity contribution in [3.8, 4) is 0 Å². The summed E-state index contributed by atoms with van der Waals surface area (Å²) < 4.78 is 40.7. The van der Waals surface area contributed by atoms with Gasteiger partial charge in [0.15, 0.2) is 12.2 Å². The van der Waals surface area contributed by atoms with E-state index in [1.807, 2.05) is 38.1 Å². The summed E-state index contributed by atoms with van der Waals surface area (Å²) in [6, 6.07) is 11.6. The number of hydrogen-bond acceptors (Lipinski definition) is 6. The summed E-state index contributed by atoms with van der Waals surface area (Å²) in [5, 5.41) is 4.48. The number of hydrogen-bond donors (Lipinski definition) is 3. The van der Waals surface area contributed by atoms with Crippen LogP contribution in [-0.4, -0.2) is 76.9 Å². The summed E-state index contributed by atoms with van der Waals surface area (Å²) in [4.78, 5) is 19.7. The van der Waals surface area contributed by atoms with Crippen molar-refractivity contribution in [1.82, 2.24) is 14.9 Å². The average Bonchev–Trinajstić information content (AvgIpc) is 2.93. The van der Waals surface area contributed by atoms with E-state index in [2.05, 4.69) is 22.0 Å². The van der Waals surface area contributed by atoms with Crippen molar-refractivity contribution >= 4 is 32.7 Å². The Morgan fingerprint density at radius 1 is 1.10 bits per heavy atom. The fourth-order valence-corrected chi connectivity index (χ4v) is 6.09. The largest absolute Gasteiger partial charge is 0.370 e. The van der Waals surface area contributed by atoms with Gasteiger partial charge in [-0.25, -0.2) is 13.4 Å². The van der Waals surface area contributed by atoms with Gasteiger partial charge >= 0.3 is 0 Å². The zero-order chi connectivity index (χ0) is 28.3. The molecule has 0 bridgehead atoms. The number of benzene rings is 2. The number of ether oxygens (including phenoxy) is 2. The number of nitrogens with two attached hydrogens (primary N) is 1. The molecule has 39 heavy (non-hydrogen) atoms. The number of piperidine rings is 1. The molecule has 2 aromatic rings. The van der Waals surface area contributed by atoms with Gasteiger partial charge in [-0.05, 0) is 56.9 Å². The lowest BCUT2D eigenvalue weighted by atomic mass is 9.98. The summed E-state index contributed by atoms with van der Waals surface area (Å²) in [7, 11) is -3.96. The zero-order valence-electron chi connectivity index (χ0n) is 23.3. The Morgan fingerprint density at radius 2 is 1.77 bits per heavy atom. The van der Waals surface area contributed by atoms with E-state index in [9.17, 15) is 13.2 Å². The van der Waals surface area contributed by atoms with Crippen molar-refractivity contribution in [1.29, 1.82) is 0 Å². The van der Waals surface area contributed by atoms with Gasteiger partial charge in [-0.2, -0.15) is 4.72 Å². The summed E-state index contributed by atoms with van der Waals surface area (Å²) in [6.07, 6.45) is 2.18. The maximum absolute atomic E-state index is 13.5. The molecule has 1 aliphatic rings. The van der Waals surface area contributed by atoms with Crippen LogP contribution in [0.3, 0.4) is 0 Å². The highest BCUT2D eigenvalue weighted by Crippen LogP contribution is 2.24. The molecule has 0 aliphatic carbocycles. The molecule has 1 aliphatic heterocycles. The SMILES string of the molecule is CCOC(CN=C(N)NCCC[C@H](NS(=O)(=O)c1cccc2ccccc12)C(=O)N1CCC(C)CC1)OCC. The van der Waals surface area contributed by atoms with Crippen molar-refractivity contribution < 1.29 is 22.7 Å². The Morgan fingerprint density at radius 3 is 2.46 bits per heavy atom. The standard InChI is InChI=1S/C28H43N5O5S/c1-4-37-26(38-5-2)20-31-28(29)30-17-9-13-24(27(34)33-18-15-21(3)16-19-33)32-39(35,36)25-14-8-11-22-10-6-7-12-23(22)25/h6-8,10-12,14,21,24,26,32H,4-5,9,13,15-20H2,1-3H3,(H3,29,30,31)/t24-/m0/s1. The summed E-state index contributed by atoms with van der Waals surface area (Å²) in [5.41, 5.74) is 5.99. The van der Waals surface area contributed by atoms with E-state index in [4.69, 9.17) is 15.2 Å². The van der Waals surface area contributed by atoms with Crippen LogP contribution in [0.5, 0.6) is 0 Å². The first-order chi connectivity index (χ1) is 18.7. The number of sulfonamides is 1. The van der Waals surface area contributed by atoms with Crippen LogP contribution in [0.25, 0.3) is 10.8 Å². The third kappa shape index (κ3) is 9.16. The molecule has 0 saturated carbocycles. The minimum absolute atomic E-state index is 0.165. The number of carbonyl (C=O) groups excluding carboxylic acids is 1. The predicted octanol–water partition coefficient (Wildman–Crippen LogP) is 2.83. The second kappa shape index (κ2) is 15.2. The monoisotopic (exact) mass is 561 g/mol. The Balaban J connectivity index is 1.68. The number of rotatable bonds is 14. The molecule has 10 nitrogen and oxygen atoms in total. The molecule has 2 aromatic carbocycles. The van der Waals surface area contributed by atoms with Gasteiger partial charge in [-0.3, -0.25) is 4.79 Å². The minimum Gasteiger partial charge on any atom is -0.370 e. The van der Waals surface area contributed by atoms with Gasteiger partial charge in [-0.1, -0.05) is 43.3 Å². The molecule has 0 unspecified atom stereocenters. The molecule has 0 spiro atoms. The number of fused-ring (bicyclic) bond motifs is 1. The highest BCUT2D eigenvalue weighted by molar-refractivity contribution is 7.89. The fourth-order valence-electron chi connectivity index (χ4n) is 4.64. The highest BCUT2D eigenvalue weighted by atomic mass is 32.2. The van der Waals surface area contributed by atoms with E-state index < -0.39 is 22.4 Å². The van der Waals surface area contributed by atoms with Crippen LogP contribution < -0.4 is 15.8 Å². The molecule has 3 rings (SSSR count). The van der Waals surface area contributed by atoms with Crippen LogP contribution in [0.4, 0.5) is 0 Å². The van der Waals surface area contributed by atoms with E-state index >= 15 is 0 Å². The van der Waals surface area contributed by atoms with E-state index in [-0.39, 0.29) is 23.3 Å². The first kappa shape index (κ1) is 30.8. The topological polar surface area (TPSA) is 135 Å². The normalized spacial score (nSPS) is 16.1. The van der Waals surface area contributed by atoms with Crippen LogP contribution in [0.1, 0.15) is 46.5 Å². The Hall–Kier alpha value is -2.73. The smallest absolute Gasteiger partial charge is 0.241 e. The van der Waals surface area contributed by atoms with Gasteiger partial charge in [0.2, 0.25) is 15.9 Å². The lowest BCUT2D eigenvalue weighted by Crippen LogP contribution is -2.50. The number of likely N-dealkylation sites (tertiary alicyclic amines) is 1. The first-order valence-electron chi connectivity index (χ1n) is 13.8. The predicted molar refractivity (Wildman–Crippen MR) is 154 cm³/mol. The molecular formula is C28H43N5O5S. The molecular weight excluding hydrogens is 518 g/mol. The van der Waals surface area contributed by atoms with Gasteiger partial charge < -0.3 is 25.4 Å². The average molecular weight is 562 g/mol. The Bertz CT molecular complexity index is 1190. The van der Waals surface area contributed by atoms with E-state index in [0.717, 1.165) is 18.2 Å². The number of nitrogens with one attached hydrogen (secondary N) is 2. The quantitative estimate of drug-likeness (QED) is 0.140. The number of guanidine groups is 1. The van der Waals surface area contributed by atoms with Crippen molar-refractivity contribution in [3.05, 3.63) is 42.5 Å². The molecule has 0 radical (unpaired) electrons.